The number of benzene rings is 2. The number of rotatable bonds is 8. The Labute approximate surface area is 158 Å². The molecular weight excluding hydrogens is 368 g/mol. The molecule has 8 heteroatoms. The lowest BCUT2D eigenvalue weighted by atomic mass is 10.2. The van der Waals surface area contributed by atoms with Crippen molar-refractivity contribution in [2.45, 2.75) is 6.92 Å². The Morgan fingerprint density at radius 3 is 2.37 bits per heavy atom. The lowest BCUT2D eigenvalue weighted by Crippen LogP contribution is -2.36. The third-order valence-electron chi connectivity index (χ3n) is 3.66. The van der Waals surface area contributed by atoms with Crippen LogP contribution in [0.5, 0.6) is 5.75 Å². The van der Waals surface area contributed by atoms with Crippen molar-refractivity contribution < 1.29 is 22.7 Å². The van der Waals surface area contributed by atoms with Gasteiger partial charge in [-0.2, -0.15) is 5.26 Å². The highest BCUT2D eigenvalue weighted by Crippen LogP contribution is 2.21. The van der Waals surface area contributed by atoms with Gasteiger partial charge >= 0.3 is 5.97 Å². The summed E-state index contributed by atoms with van der Waals surface area (Å²) in [5.74, 6) is -0.130. The lowest BCUT2D eigenvalue weighted by Gasteiger charge is -2.23. The fraction of sp³-hybridized carbons (Fsp3) is 0.263. The third-order valence-corrected chi connectivity index (χ3v) is 4.78. The number of nitriles is 1. The van der Waals surface area contributed by atoms with Crippen LogP contribution in [0, 0.1) is 18.3 Å². The smallest absolute Gasteiger partial charge is 0.326 e. The van der Waals surface area contributed by atoms with Crippen LogP contribution in [-0.2, 0) is 19.6 Å². The van der Waals surface area contributed by atoms with Crippen LogP contribution in [0.2, 0.25) is 0 Å². The van der Waals surface area contributed by atoms with Crippen molar-refractivity contribution in [3.8, 4) is 11.8 Å². The van der Waals surface area contributed by atoms with Crippen LogP contribution < -0.4 is 9.04 Å². The molecule has 0 N–H and O–H groups in total. The molecule has 0 saturated carbocycles. The second-order valence-corrected chi connectivity index (χ2v) is 7.67. The van der Waals surface area contributed by atoms with Crippen LogP contribution in [0.4, 0.5) is 5.69 Å². The van der Waals surface area contributed by atoms with Crippen molar-refractivity contribution in [1.82, 2.24) is 0 Å². The van der Waals surface area contributed by atoms with Crippen molar-refractivity contribution in [1.29, 1.82) is 5.26 Å². The average molecular weight is 388 g/mol. The summed E-state index contributed by atoms with van der Waals surface area (Å²) in [5.41, 5.74) is 1.69. The first-order valence-corrected chi connectivity index (χ1v) is 9.98. The minimum absolute atomic E-state index is 0.0236. The van der Waals surface area contributed by atoms with Crippen LogP contribution in [0.3, 0.4) is 0 Å². The molecule has 0 aromatic heterocycles. The van der Waals surface area contributed by atoms with Gasteiger partial charge in [0.2, 0.25) is 10.0 Å². The van der Waals surface area contributed by atoms with Crippen molar-refractivity contribution in [3.63, 3.8) is 0 Å². The Kier molecular flexibility index (Phi) is 6.79. The SMILES string of the molecule is Cc1ccccc1N(CC(=O)OCCOc1ccc(C#N)cc1)S(C)(=O)=O. The number of aryl methyl sites for hydroxylation is 1. The first-order valence-electron chi connectivity index (χ1n) is 8.13. The zero-order valence-electron chi connectivity index (χ0n) is 15.1. The highest BCUT2D eigenvalue weighted by atomic mass is 32.2. The summed E-state index contributed by atoms with van der Waals surface area (Å²) in [6.07, 6.45) is 1.04. The van der Waals surface area contributed by atoms with E-state index >= 15 is 0 Å². The molecule has 0 unspecified atom stereocenters. The molecule has 7 nitrogen and oxygen atoms in total. The van der Waals surface area contributed by atoms with Crippen molar-refractivity contribution in [3.05, 3.63) is 59.7 Å². The summed E-state index contributed by atoms with van der Waals surface area (Å²) >= 11 is 0. The molecule has 0 bridgehead atoms. The van der Waals surface area contributed by atoms with Gasteiger partial charge < -0.3 is 9.47 Å². The van der Waals surface area contributed by atoms with Crippen molar-refractivity contribution >= 4 is 21.7 Å². The predicted molar refractivity (Wildman–Crippen MR) is 101 cm³/mol. The van der Waals surface area contributed by atoms with E-state index in [9.17, 15) is 13.2 Å². The highest BCUT2D eigenvalue weighted by Gasteiger charge is 2.22. The highest BCUT2D eigenvalue weighted by molar-refractivity contribution is 7.92. The van der Waals surface area contributed by atoms with E-state index < -0.39 is 22.5 Å². The van der Waals surface area contributed by atoms with E-state index in [1.165, 1.54) is 0 Å². The molecular formula is C19H20N2O5S. The van der Waals surface area contributed by atoms with E-state index in [0.29, 0.717) is 17.0 Å². The van der Waals surface area contributed by atoms with Crippen LogP contribution in [0.15, 0.2) is 48.5 Å². The number of nitrogens with zero attached hydrogens (tertiary/aromatic N) is 2. The number of carbonyl (C=O) groups is 1. The molecule has 0 aliphatic rings. The monoisotopic (exact) mass is 388 g/mol. The normalized spacial score (nSPS) is 10.7. The maximum absolute atomic E-state index is 12.1. The largest absolute Gasteiger partial charge is 0.490 e. The zero-order valence-corrected chi connectivity index (χ0v) is 15.9. The first-order chi connectivity index (χ1) is 12.8. The number of hydrogen-bond donors (Lipinski definition) is 0. The van der Waals surface area contributed by atoms with Gasteiger partial charge in [0.15, 0.2) is 0 Å². The number of anilines is 1. The van der Waals surface area contributed by atoms with Gasteiger partial charge in [0, 0.05) is 0 Å². The molecule has 27 heavy (non-hydrogen) atoms. The summed E-state index contributed by atoms with van der Waals surface area (Å²) in [5, 5.41) is 8.74. The predicted octanol–water partition coefficient (Wildman–Crippen LogP) is 2.25. The minimum atomic E-state index is -3.64. The Bertz CT molecular complexity index is 933. The standard InChI is InChI=1S/C19H20N2O5S/c1-15-5-3-4-6-18(15)21(27(2,23)24)14-19(22)26-12-11-25-17-9-7-16(13-20)8-10-17/h3-10H,11-12,14H2,1-2H3. The fourth-order valence-electron chi connectivity index (χ4n) is 2.33. The lowest BCUT2D eigenvalue weighted by molar-refractivity contribution is -0.142. The Balaban J connectivity index is 1.89. The molecule has 0 heterocycles. The quantitative estimate of drug-likeness (QED) is 0.508. The Morgan fingerprint density at radius 1 is 1.11 bits per heavy atom. The van der Waals surface area contributed by atoms with Crippen molar-refractivity contribution in [2.75, 3.05) is 30.3 Å². The van der Waals surface area contributed by atoms with Gasteiger partial charge in [-0.15, -0.1) is 0 Å². The van der Waals surface area contributed by atoms with Gasteiger partial charge in [0.25, 0.3) is 0 Å². The van der Waals surface area contributed by atoms with E-state index in [4.69, 9.17) is 14.7 Å². The van der Waals surface area contributed by atoms with E-state index in [-0.39, 0.29) is 13.2 Å². The molecule has 0 radical (unpaired) electrons. The molecule has 0 aliphatic carbocycles. The molecule has 0 aliphatic heterocycles. The molecule has 0 amide bonds. The maximum Gasteiger partial charge on any atom is 0.326 e. The number of sulfonamides is 1. The Hall–Kier alpha value is -3.05. The minimum Gasteiger partial charge on any atom is -0.490 e. The second-order valence-electron chi connectivity index (χ2n) is 5.76. The molecule has 142 valence electrons. The van der Waals surface area contributed by atoms with E-state index in [2.05, 4.69) is 0 Å². The van der Waals surface area contributed by atoms with Crippen LogP contribution >= 0.6 is 0 Å². The number of esters is 1. The first kappa shape index (κ1) is 20.3. The van der Waals surface area contributed by atoms with Crippen LogP contribution in [0.1, 0.15) is 11.1 Å². The number of hydrogen-bond acceptors (Lipinski definition) is 6. The topological polar surface area (TPSA) is 96.7 Å². The summed E-state index contributed by atoms with van der Waals surface area (Å²) in [6, 6.07) is 15.4. The van der Waals surface area contributed by atoms with Crippen molar-refractivity contribution in [2.24, 2.45) is 0 Å². The number of ether oxygens (including phenoxy) is 2. The second kappa shape index (κ2) is 9.05. The van der Waals surface area contributed by atoms with Crippen LogP contribution in [-0.4, -0.2) is 40.4 Å². The number of carbonyl (C=O) groups excluding carboxylic acids is 1. The van der Waals surface area contributed by atoms with Gasteiger partial charge in [-0.05, 0) is 42.8 Å². The molecule has 2 aromatic carbocycles. The number of para-hydroxylation sites is 1. The summed E-state index contributed by atoms with van der Waals surface area (Å²) in [6.45, 7) is 1.44. The summed E-state index contributed by atoms with van der Waals surface area (Å²) in [4.78, 5) is 12.1. The third kappa shape index (κ3) is 6.01. The van der Waals surface area contributed by atoms with Gasteiger partial charge in [-0.25, -0.2) is 8.42 Å². The van der Waals surface area contributed by atoms with E-state index in [0.717, 1.165) is 16.1 Å². The van der Waals surface area contributed by atoms with E-state index in [1.807, 2.05) is 6.07 Å². The van der Waals surface area contributed by atoms with Gasteiger partial charge in [-0.3, -0.25) is 9.10 Å². The molecule has 0 saturated heterocycles. The van der Waals surface area contributed by atoms with Crippen LogP contribution in [0.25, 0.3) is 0 Å². The molecule has 0 fully saturated rings. The molecule has 2 rings (SSSR count). The summed E-state index contributed by atoms with van der Waals surface area (Å²) < 4.78 is 35.6. The van der Waals surface area contributed by atoms with Gasteiger partial charge in [-0.1, -0.05) is 18.2 Å². The maximum atomic E-state index is 12.1. The molecule has 0 spiro atoms. The average Bonchev–Trinajstić information content (AvgIpc) is 2.63. The molecule has 0 atom stereocenters. The molecule has 2 aromatic rings. The fourth-order valence-corrected chi connectivity index (χ4v) is 3.23. The van der Waals surface area contributed by atoms with Gasteiger partial charge in [0.05, 0.1) is 23.6 Å². The summed E-state index contributed by atoms with van der Waals surface area (Å²) in [7, 11) is -3.64. The zero-order chi connectivity index (χ0) is 19.9. The van der Waals surface area contributed by atoms with Gasteiger partial charge in [0.1, 0.15) is 25.5 Å². The van der Waals surface area contributed by atoms with E-state index in [1.54, 1.807) is 55.5 Å². The Morgan fingerprint density at radius 2 is 1.78 bits per heavy atom.